The zero-order chi connectivity index (χ0) is 14.9. The lowest BCUT2D eigenvalue weighted by molar-refractivity contribution is 0.183. The summed E-state index contributed by atoms with van der Waals surface area (Å²) >= 11 is 5.83. The van der Waals surface area contributed by atoms with E-state index in [-0.39, 0.29) is 16.0 Å². The number of carbonyl (C=O) groups excluding carboxylic acids is 1. The van der Waals surface area contributed by atoms with E-state index < -0.39 is 16.1 Å². The molecule has 0 bridgehead atoms. The second kappa shape index (κ2) is 5.34. The van der Waals surface area contributed by atoms with Crippen molar-refractivity contribution in [3.05, 3.63) is 41.1 Å². The van der Waals surface area contributed by atoms with Gasteiger partial charge in [-0.05, 0) is 31.6 Å². The summed E-state index contributed by atoms with van der Waals surface area (Å²) in [6.45, 7) is 3.63. The van der Waals surface area contributed by atoms with Crippen molar-refractivity contribution in [3.63, 3.8) is 0 Å². The Hall–Kier alpha value is -1.73. The smallest absolute Gasteiger partial charge is 0.301 e. The largest absolute Gasteiger partial charge is 0.350 e. The molecule has 0 aliphatic carbocycles. The normalized spacial score (nSPS) is 18.4. The molecule has 0 fully saturated rings. The van der Waals surface area contributed by atoms with Crippen LogP contribution >= 0.6 is 11.6 Å². The number of halogens is 1. The summed E-state index contributed by atoms with van der Waals surface area (Å²) in [6.07, 6.45) is 1.65. The third kappa shape index (κ3) is 2.73. The minimum Gasteiger partial charge on any atom is -0.301 e. The maximum atomic E-state index is 12.1. The molecule has 1 unspecified atom stereocenters. The van der Waals surface area contributed by atoms with E-state index in [1.807, 2.05) is 11.6 Å². The lowest BCUT2D eigenvalue weighted by Crippen LogP contribution is -2.49. The third-order valence-corrected chi connectivity index (χ3v) is 4.86. The van der Waals surface area contributed by atoms with Crippen LogP contribution in [0.3, 0.4) is 0 Å². The molecule has 0 saturated carbocycles. The molecular weight excluding hydrogens is 302 g/mol. The molecule has 1 aliphatic rings. The first kappa shape index (κ1) is 14.7. The third-order valence-electron chi connectivity index (χ3n) is 3.04. The summed E-state index contributed by atoms with van der Waals surface area (Å²) in [7, 11) is -4.00. The van der Waals surface area contributed by atoms with E-state index in [0.29, 0.717) is 0 Å². The van der Waals surface area contributed by atoms with Crippen molar-refractivity contribution in [1.29, 1.82) is 0 Å². The average molecular weight is 316 g/mol. The molecule has 2 N–H and O–H groups in total. The Labute approximate surface area is 122 Å². The van der Waals surface area contributed by atoms with Crippen molar-refractivity contribution < 1.29 is 13.2 Å². The van der Waals surface area contributed by atoms with Gasteiger partial charge in [0.15, 0.2) is 0 Å². The second-order valence-electron chi connectivity index (χ2n) is 4.40. The molecule has 20 heavy (non-hydrogen) atoms. The van der Waals surface area contributed by atoms with Crippen LogP contribution in [-0.2, 0) is 10.0 Å². The highest BCUT2D eigenvalue weighted by Crippen LogP contribution is 2.21. The van der Waals surface area contributed by atoms with Gasteiger partial charge in [0.05, 0.1) is 11.1 Å². The number of hydrogen-bond donors (Lipinski definition) is 2. The van der Waals surface area contributed by atoms with Gasteiger partial charge < -0.3 is 5.43 Å². The van der Waals surface area contributed by atoms with Crippen molar-refractivity contribution in [1.82, 2.24) is 15.2 Å². The fraction of sp³-hybridized carbons (Fsp3) is 0.250. The van der Waals surface area contributed by atoms with Crippen LogP contribution in [0.1, 0.15) is 13.8 Å². The number of carbonyl (C=O) groups is 1. The summed E-state index contributed by atoms with van der Waals surface area (Å²) < 4.78 is 26.2. The number of rotatable bonds is 2. The summed E-state index contributed by atoms with van der Waals surface area (Å²) in [4.78, 5) is 11.9. The Kier molecular flexibility index (Phi) is 3.92. The number of amides is 2. The maximum absolute atomic E-state index is 12.1. The van der Waals surface area contributed by atoms with Crippen LogP contribution in [-0.4, -0.2) is 25.5 Å². The van der Waals surface area contributed by atoms with Crippen LogP contribution in [0.25, 0.3) is 0 Å². The van der Waals surface area contributed by atoms with Gasteiger partial charge in [0, 0.05) is 6.20 Å². The van der Waals surface area contributed by atoms with Gasteiger partial charge in [0.1, 0.15) is 4.90 Å². The predicted molar refractivity (Wildman–Crippen MR) is 75.4 cm³/mol. The number of sulfonamides is 1. The molecule has 108 valence electrons. The molecule has 2 rings (SSSR count). The molecule has 1 heterocycles. The average Bonchev–Trinajstić information content (AvgIpc) is 2.70. The van der Waals surface area contributed by atoms with Gasteiger partial charge in [0.2, 0.25) is 0 Å². The standard InChI is InChI=1S/C12H14ClN3O3S/c1-8-7-14-16(9(8)2)12(17)15-20(18,19)11-6-4-3-5-10(11)13/h3-7,9,14H,1-2H3,(H,15,17). The quantitative estimate of drug-likeness (QED) is 0.873. The second-order valence-corrected chi connectivity index (χ2v) is 6.46. The first-order valence-electron chi connectivity index (χ1n) is 5.86. The number of hydrazine groups is 1. The van der Waals surface area contributed by atoms with Gasteiger partial charge in [0.25, 0.3) is 10.0 Å². The summed E-state index contributed by atoms with van der Waals surface area (Å²) in [5, 5.41) is 1.26. The number of benzene rings is 1. The first-order valence-corrected chi connectivity index (χ1v) is 7.72. The number of nitrogens with one attached hydrogen (secondary N) is 2. The monoisotopic (exact) mass is 315 g/mol. The number of urea groups is 1. The molecule has 1 atom stereocenters. The van der Waals surface area contributed by atoms with Crippen LogP contribution in [0.4, 0.5) is 4.79 Å². The molecule has 1 aliphatic heterocycles. The van der Waals surface area contributed by atoms with E-state index in [2.05, 4.69) is 5.43 Å². The molecule has 1 aromatic rings. The SMILES string of the molecule is CC1=CNN(C(=O)NS(=O)(=O)c2ccccc2Cl)C1C. The van der Waals surface area contributed by atoms with Crippen molar-refractivity contribution in [2.75, 3.05) is 0 Å². The number of nitrogens with zero attached hydrogens (tertiary/aromatic N) is 1. The van der Waals surface area contributed by atoms with E-state index in [1.54, 1.807) is 19.2 Å². The van der Waals surface area contributed by atoms with Gasteiger partial charge >= 0.3 is 6.03 Å². The highest BCUT2D eigenvalue weighted by molar-refractivity contribution is 7.90. The molecule has 8 heteroatoms. The highest BCUT2D eigenvalue weighted by atomic mass is 35.5. The first-order chi connectivity index (χ1) is 9.33. The minimum absolute atomic E-state index is 0.0598. The van der Waals surface area contributed by atoms with Gasteiger partial charge in [-0.15, -0.1) is 0 Å². The molecule has 0 radical (unpaired) electrons. The predicted octanol–water partition coefficient (Wildman–Crippen LogP) is 1.85. The minimum atomic E-state index is -4.00. The van der Waals surface area contributed by atoms with Crippen LogP contribution in [0.5, 0.6) is 0 Å². The van der Waals surface area contributed by atoms with Crippen molar-refractivity contribution in [2.24, 2.45) is 0 Å². The Morgan fingerprint density at radius 2 is 2.05 bits per heavy atom. The zero-order valence-corrected chi connectivity index (χ0v) is 12.5. The molecule has 2 amide bonds. The zero-order valence-electron chi connectivity index (χ0n) is 10.9. The highest BCUT2D eigenvalue weighted by Gasteiger charge is 2.29. The van der Waals surface area contributed by atoms with E-state index in [0.717, 1.165) is 5.57 Å². The molecule has 1 aromatic carbocycles. The van der Waals surface area contributed by atoms with Crippen LogP contribution in [0.15, 0.2) is 40.9 Å². The molecular formula is C12H14ClN3O3S. The lowest BCUT2D eigenvalue weighted by atomic mass is 10.2. The summed E-state index contributed by atoms with van der Waals surface area (Å²) in [6, 6.07) is 4.95. The molecule has 6 nitrogen and oxygen atoms in total. The fourth-order valence-corrected chi connectivity index (χ4v) is 3.18. The van der Waals surface area contributed by atoms with E-state index in [4.69, 9.17) is 11.6 Å². The molecule has 0 aromatic heterocycles. The molecule has 0 spiro atoms. The Morgan fingerprint density at radius 1 is 1.40 bits per heavy atom. The summed E-state index contributed by atoms with van der Waals surface area (Å²) in [5.74, 6) is 0. The van der Waals surface area contributed by atoms with Gasteiger partial charge in [-0.3, -0.25) is 0 Å². The number of hydrogen-bond acceptors (Lipinski definition) is 4. The lowest BCUT2D eigenvalue weighted by Gasteiger charge is -2.23. The Balaban J connectivity index is 2.18. The van der Waals surface area contributed by atoms with Gasteiger partial charge in [-0.25, -0.2) is 22.9 Å². The van der Waals surface area contributed by atoms with E-state index >= 15 is 0 Å². The van der Waals surface area contributed by atoms with Gasteiger partial charge in [-0.2, -0.15) is 0 Å². The van der Waals surface area contributed by atoms with E-state index in [1.165, 1.54) is 23.2 Å². The van der Waals surface area contributed by atoms with Crippen LogP contribution in [0.2, 0.25) is 5.02 Å². The van der Waals surface area contributed by atoms with Gasteiger partial charge in [-0.1, -0.05) is 23.7 Å². The summed E-state index contributed by atoms with van der Waals surface area (Å²) in [5.41, 5.74) is 3.63. The maximum Gasteiger partial charge on any atom is 0.350 e. The molecule has 0 saturated heterocycles. The Bertz CT molecular complexity index is 672. The van der Waals surface area contributed by atoms with Crippen LogP contribution in [0, 0.1) is 0 Å². The van der Waals surface area contributed by atoms with Crippen molar-refractivity contribution >= 4 is 27.7 Å². The fourth-order valence-electron chi connectivity index (χ4n) is 1.72. The Morgan fingerprint density at radius 3 is 2.60 bits per heavy atom. The van der Waals surface area contributed by atoms with Crippen molar-refractivity contribution in [3.8, 4) is 0 Å². The van der Waals surface area contributed by atoms with Crippen LogP contribution < -0.4 is 10.1 Å². The van der Waals surface area contributed by atoms with E-state index in [9.17, 15) is 13.2 Å². The topological polar surface area (TPSA) is 78.5 Å². The van der Waals surface area contributed by atoms with Crippen molar-refractivity contribution in [2.45, 2.75) is 24.8 Å².